The number of nitrogens with one attached hydrogen (secondary N) is 2. The van der Waals surface area contributed by atoms with Gasteiger partial charge < -0.3 is 30.6 Å². The number of aromatic nitrogens is 4. The molecule has 0 unspecified atom stereocenters. The summed E-state index contributed by atoms with van der Waals surface area (Å²) in [5, 5.41) is 53.1. The molecule has 0 spiro atoms. The van der Waals surface area contributed by atoms with Crippen LogP contribution >= 0.6 is 0 Å². The van der Waals surface area contributed by atoms with E-state index in [0.29, 0.717) is 24.5 Å². The lowest BCUT2D eigenvalue weighted by molar-refractivity contribution is 0.0682. The summed E-state index contributed by atoms with van der Waals surface area (Å²) in [5.74, 6) is -3.71. The monoisotopic (exact) mass is 598 g/mol. The third kappa shape index (κ3) is 6.20. The van der Waals surface area contributed by atoms with Crippen LogP contribution in [0.3, 0.4) is 0 Å². The Morgan fingerprint density at radius 2 is 1.57 bits per heavy atom. The van der Waals surface area contributed by atoms with Crippen molar-refractivity contribution in [2.24, 2.45) is 5.11 Å². The maximum atomic E-state index is 13.5. The van der Waals surface area contributed by atoms with E-state index in [0.717, 1.165) is 19.3 Å². The van der Waals surface area contributed by atoms with Gasteiger partial charge in [0.1, 0.15) is 34.0 Å². The molecule has 0 saturated carbocycles. The lowest BCUT2D eigenvalue weighted by atomic mass is 10.1. The van der Waals surface area contributed by atoms with Crippen molar-refractivity contribution in [2.75, 3.05) is 18.4 Å². The maximum Gasteiger partial charge on any atom is 0.339 e. The van der Waals surface area contributed by atoms with Gasteiger partial charge in [-0.2, -0.15) is 5.11 Å². The van der Waals surface area contributed by atoms with Crippen molar-refractivity contribution >= 4 is 29.2 Å². The van der Waals surface area contributed by atoms with Gasteiger partial charge in [0.2, 0.25) is 0 Å². The van der Waals surface area contributed by atoms with E-state index < -0.39 is 23.4 Å². The molecule has 1 fully saturated rings. The number of carbonyl (C=O) groups is 3. The van der Waals surface area contributed by atoms with Crippen LogP contribution in [0.4, 0.5) is 5.69 Å². The second kappa shape index (κ2) is 12.4. The topological polar surface area (TPSA) is 227 Å². The predicted octanol–water partition coefficient (Wildman–Crippen LogP) is 4.20. The summed E-state index contributed by atoms with van der Waals surface area (Å²) in [4.78, 5) is 42.3. The number of anilines is 1. The van der Waals surface area contributed by atoms with Crippen molar-refractivity contribution in [3.63, 3.8) is 0 Å². The Morgan fingerprint density at radius 3 is 2.20 bits per heavy atom. The fourth-order valence-corrected chi connectivity index (χ4v) is 4.66. The quantitative estimate of drug-likeness (QED) is 0.150. The zero-order valence-electron chi connectivity index (χ0n) is 23.0. The first-order chi connectivity index (χ1) is 21.1. The summed E-state index contributed by atoms with van der Waals surface area (Å²) in [7, 11) is 0. The van der Waals surface area contributed by atoms with Gasteiger partial charge in [-0.05, 0) is 55.7 Å². The van der Waals surface area contributed by atoms with Gasteiger partial charge >= 0.3 is 11.9 Å². The van der Waals surface area contributed by atoms with Gasteiger partial charge in [0.25, 0.3) is 5.91 Å². The van der Waals surface area contributed by atoms with Crippen LogP contribution in [0.2, 0.25) is 0 Å². The molecule has 1 saturated heterocycles. The van der Waals surface area contributed by atoms with Crippen LogP contribution in [-0.4, -0.2) is 76.2 Å². The molecule has 4 aromatic rings. The van der Waals surface area contributed by atoms with Gasteiger partial charge in [0, 0.05) is 42.7 Å². The number of carboxylic acid groups (broad SMARTS) is 2. The number of carboxylic acids is 2. The number of hydrogen-bond acceptors (Lipinski definition) is 11. The number of aromatic carboxylic acids is 2. The fourth-order valence-electron chi connectivity index (χ4n) is 4.66. The molecule has 15 heteroatoms. The lowest BCUT2D eigenvalue weighted by Gasteiger charge is -2.27. The Hall–Kier alpha value is -6.12. The molecule has 15 nitrogen and oxygen atoms in total. The fraction of sp³-hybridized carbons (Fsp3) is 0.172. The van der Waals surface area contributed by atoms with Crippen molar-refractivity contribution in [3.05, 3.63) is 83.3 Å². The second-order valence-electron chi connectivity index (χ2n) is 9.86. The van der Waals surface area contributed by atoms with Gasteiger partial charge in [0.05, 0.1) is 23.3 Å². The molecule has 6 N–H and O–H groups in total. The number of benzene rings is 2. The van der Waals surface area contributed by atoms with Crippen LogP contribution in [0, 0.1) is 5.53 Å². The third-order valence-electron chi connectivity index (χ3n) is 6.93. The average Bonchev–Trinajstić information content (AvgIpc) is 3.51. The van der Waals surface area contributed by atoms with Crippen LogP contribution in [-0.2, 0) is 0 Å². The number of carbonyl (C=O) groups excluding carboxylic acids is 1. The number of phenols is 2. The van der Waals surface area contributed by atoms with Gasteiger partial charge in [0.15, 0.2) is 0 Å². The van der Waals surface area contributed by atoms with Gasteiger partial charge in [-0.1, -0.05) is 5.21 Å². The number of aromatic hydroxyl groups is 2. The molecule has 44 heavy (non-hydrogen) atoms. The minimum Gasteiger partial charge on any atom is -0.507 e. The molecule has 1 aliphatic heterocycles. The molecule has 0 aliphatic carbocycles. The number of amides is 1. The molecular weight excluding hydrogens is 572 g/mol. The Morgan fingerprint density at radius 1 is 0.886 bits per heavy atom. The van der Waals surface area contributed by atoms with Crippen molar-refractivity contribution in [1.82, 2.24) is 24.9 Å². The van der Waals surface area contributed by atoms with E-state index in [1.54, 1.807) is 11.0 Å². The van der Waals surface area contributed by atoms with Gasteiger partial charge in [-0.25, -0.2) is 24.8 Å². The number of rotatable bonds is 9. The third-order valence-corrected chi connectivity index (χ3v) is 6.93. The van der Waals surface area contributed by atoms with Crippen LogP contribution in [0.15, 0.2) is 66.0 Å². The largest absolute Gasteiger partial charge is 0.507 e. The van der Waals surface area contributed by atoms with Crippen molar-refractivity contribution < 1.29 is 34.8 Å². The zero-order valence-corrected chi connectivity index (χ0v) is 23.0. The highest BCUT2D eigenvalue weighted by atomic mass is 16.4. The molecule has 1 amide bonds. The SMILES string of the molecule is N=N/C(=C\Nc1ccc(C(=O)O)c(O)c1)c1cc(C(=O)N2CCCCC2)cc(-c2cn(-c3ccc(C(=O)O)c(O)c3)nn2)n1. The molecule has 1 aliphatic rings. The highest BCUT2D eigenvalue weighted by molar-refractivity contribution is 5.96. The molecule has 5 rings (SSSR count). The van der Waals surface area contributed by atoms with E-state index in [1.165, 1.54) is 59.5 Å². The Kier molecular flexibility index (Phi) is 8.28. The van der Waals surface area contributed by atoms with Crippen LogP contribution in [0.1, 0.15) is 56.0 Å². The Balaban J connectivity index is 1.52. The van der Waals surface area contributed by atoms with E-state index in [9.17, 15) is 29.7 Å². The average molecular weight is 599 g/mol. The van der Waals surface area contributed by atoms with Crippen molar-refractivity contribution in [3.8, 4) is 28.6 Å². The number of pyridine rings is 1. The predicted molar refractivity (Wildman–Crippen MR) is 155 cm³/mol. The summed E-state index contributed by atoms with van der Waals surface area (Å²) >= 11 is 0. The molecule has 0 atom stereocenters. The van der Waals surface area contributed by atoms with Gasteiger partial charge in [-0.3, -0.25) is 4.79 Å². The van der Waals surface area contributed by atoms with E-state index in [-0.39, 0.29) is 45.4 Å². The Bertz CT molecular complexity index is 1810. The van der Waals surface area contributed by atoms with E-state index in [1.807, 2.05) is 0 Å². The first-order valence-electron chi connectivity index (χ1n) is 13.4. The molecule has 0 bridgehead atoms. The first kappa shape index (κ1) is 29.4. The van der Waals surface area contributed by atoms with Gasteiger partial charge in [-0.15, -0.1) is 5.10 Å². The summed E-state index contributed by atoms with van der Waals surface area (Å²) in [6.07, 6.45) is 5.60. The maximum absolute atomic E-state index is 13.5. The van der Waals surface area contributed by atoms with Crippen LogP contribution in [0.25, 0.3) is 22.8 Å². The molecule has 224 valence electrons. The van der Waals surface area contributed by atoms with E-state index in [2.05, 4.69) is 25.7 Å². The molecule has 2 aromatic carbocycles. The highest BCUT2D eigenvalue weighted by Gasteiger charge is 2.22. The van der Waals surface area contributed by atoms with Crippen LogP contribution in [0.5, 0.6) is 11.5 Å². The number of piperidine rings is 1. The molecular formula is C29H26N8O7. The molecule has 3 heterocycles. The summed E-state index contributed by atoms with van der Waals surface area (Å²) in [5.41, 5.74) is 8.80. The zero-order chi connectivity index (χ0) is 31.4. The summed E-state index contributed by atoms with van der Waals surface area (Å²) in [6.45, 7) is 1.20. The molecule has 0 radical (unpaired) electrons. The van der Waals surface area contributed by atoms with Crippen LogP contribution < -0.4 is 5.32 Å². The highest BCUT2D eigenvalue weighted by Crippen LogP contribution is 2.27. The number of hydrogen-bond donors (Lipinski definition) is 6. The second-order valence-corrected chi connectivity index (χ2v) is 9.86. The summed E-state index contributed by atoms with van der Waals surface area (Å²) in [6, 6.07) is 10.8. The van der Waals surface area contributed by atoms with Crippen molar-refractivity contribution in [1.29, 1.82) is 5.53 Å². The molecule has 2 aromatic heterocycles. The lowest BCUT2D eigenvalue weighted by Crippen LogP contribution is -2.35. The van der Waals surface area contributed by atoms with E-state index in [4.69, 9.17) is 10.6 Å². The standard InChI is InChI=1S/C29H26N8O7/c30-33-23(14-31-17-4-6-19(28(41)42)25(38)12-17)21-10-16(27(40)36-8-2-1-3-9-36)11-22(32-21)24-15-37(35-34-24)18-5-7-20(29(43)44)26(39)13-18/h4-7,10-15,30-31,38-39H,1-3,8-9H2,(H,41,42)(H,43,44)/b23-14-,33-30?. The number of likely N-dealkylation sites (tertiary alicyclic amines) is 1. The van der Waals surface area contributed by atoms with E-state index >= 15 is 0 Å². The minimum atomic E-state index is -1.29. The minimum absolute atomic E-state index is 0.0166. The Labute approximate surface area is 249 Å². The normalized spacial score (nSPS) is 13.4. The number of nitrogens with zero attached hydrogens (tertiary/aromatic N) is 6. The smallest absolute Gasteiger partial charge is 0.339 e. The summed E-state index contributed by atoms with van der Waals surface area (Å²) < 4.78 is 1.31. The van der Waals surface area contributed by atoms with Crippen molar-refractivity contribution in [2.45, 2.75) is 19.3 Å². The first-order valence-corrected chi connectivity index (χ1v) is 13.4.